The number of rotatable bonds is 0. The molecule has 60 valence electrons. The van der Waals surface area contributed by atoms with Crippen molar-refractivity contribution in [3.63, 3.8) is 0 Å². The molecule has 2 heterocycles. The van der Waals surface area contributed by atoms with Crippen molar-refractivity contribution in [2.75, 3.05) is 0 Å². The Bertz CT molecular complexity index is 259. The summed E-state index contributed by atoms with van der Waals surface area (Å²) in [5.74, 6) is 0.849. The van der Waals surface area contributed by atoms with Crippen LogP contribution < -0.4 is 5.73 Å². The van der Waals surface area contributed by atoms with Gasteiger partial charge in [0.15, 0.2) is 0 Å². The lowest BCUT2D eigenvalue weighted by Gasteiger charge is -2.22. The van der Waals surface area contributed by atoms with Gasteiger partial charge in [-0.2, -0.15) is 5.10 Å². The van der Waals surface area contributed by atoms with Crippen LogP contribution >= 0.6 is 11.6 Å². The zero-order valence-corrected chi connectivity index (χ0v) is 6.70. The Hall–Kier alpha value is -0.610. The van der Waals surface area contributed by atoms with E-state index in [-0.39, 0.29) is 11.4 Å². The van der Waals surface area contributed by atoms with E-state index in [1.165, 1.54) is 6.33 Å². The van der Waals surface area contributed by atoms with Gasteiger partial charge in [0.05, 0.1) is 18.0 Å². The first kappa shape index (κ1) is 7.06. The van der Waals surface area contributed by atoms with E-state index in [0.717, 1.165) is 18.8 Å². The van der Waals surface area contributed by atoms with Gasteiger partial charge in [0.25, 0.3) is 0 Å². The lowest BCUT2D eigenvalue weighted by atomic mass is 10.1. The summed E-state index contributed by atoms with van der Waals surface area (Å²) in [6.07, 6.45) is 2.31. The lowest BCUT2D eigenvalue weighted by molar-refractivity contribution is 0.428. The fraction of sp³-hybridized carbons (Fsp3) is 0.667. The number of hydrogen-bond donors (Lipinski definition) is 1. The molecule has 1 aromatic heterocycles. The molecule has 11 heavy (non-hydrogen) atoms. The molecule has 0 fully saturated rings. The van der Waals surface area contributed by atoms with Crippen molar-refractivity contribution >= 4 is 11.6 Å². The highest BCUT2D eigenvalue weighted by atomic mass is 35.5. The van der Waals surface area contributed by atoms with Gasteiger partial charge in [-0.3, -0.25) is 0 Å². The quantitative estimate of drug-likeness (QED) is 0.573. The lowest BCUT2D eigenvalue weighted by Crippen LogP contribution is -2.29. The topological polar surface area (TPSA) is 56.7 Å². The van der Waals surface area contributed by atoms with Gasteiger partial charge in [-0.1, -0.05) is 0 Å². The Morgan fingerprint density at radius 1 is 1.73 bits per heavy atom. The molecule has 0 spiro atoms. The number of fused-ring (bicyclic) bond motifs is 1. The summed E-state index contributed by atoms with van der Waals surface area (Å²) in [6.45, 7) is 0.727. The van der Waals surface area contributed by atoms with Crippen molar-refractivity contribution in [2.24, 2.45) is 5.73 Å². The van der Waals surface area contributed by atoms with Crippen LogP contribution in [-0.2, 0) is 6.54 Å². The highest BCUT2D eigenvalue weighted by Gasteiger charge is 2.24. The third-order valence-corrected chi connectivity index (χ3v) is 2.17. The van der Waals surface area contributed by atoms with E-state index in [1.807, 2.05) is 0 Å². The van der Waals surface area contributed by atoms with Gasteiger partial charge in [0.1, 0.15) is 12.2 Å². The predicted molar refractivity (Wildman–Crippen MR) is 41.2 cm³/mol. The van der Waals surface area contributed by atoms with Gasteiger partial charge >= 0.3 is 0 Å². The molecule has 0 saturated heterocycles. The van der Waals surface area contributed by atoms with E-state index in [1.54, 1.807) is 4.68 Å². The third-order valence-electron chi connectivity index (χ3n) is 1.86. The second-order valence-electron chi connectivity index (χ2n) is 2.74. The van der Waals surface area contributed by atoms with Gasteiger partial charge in [-0.25, -0.2) is 9.67 Å². The van der Waals surface area contributed by atoms with Gasteiger partial charge in [-0.15, -0.1) is 11.6 Å². The minimum atomic E-state index is -0.0475. The fourth-order valence-electron chi connectivity index (χ4n) is 1.34. The normalized spacial score (nSPS) is 30.0. The predicted octanol–water partition coefficient (Wildman–Crippen LogP) is 0.289. The molecule has 4 nitrogen and oxygen atoms in total. The summed E-state index contributed by atoms with van der Waals surface area (Å²) in [5.41, 5.74) is 5.77. The van der Waals surface area contributed by atoms with E-state index >= 15 is 0 Å². The van der Waals surface area contributed by atoms with Crippen LogP contribution in [0.1, 0.15) is 18.3 Å². The van der Waals surface area contributed by atoms with E-state index < -0.39 is 0 Å². The molecule has 2 atom stereocenters. The maximum atomic E-state index is 5.93. The number of alkyl halides is 1. The molecule has 2 unspecified atom stereocenters. The van der Waals surface area contributed by atoms with E-state index in [0.29, 0.717) is 0 Å². The standard InChI is InChI=1S/C6H9ClN4/c7-4-1-5(8)6-9-3-10-11(6)2-4/h3-5H,1-2,8H2. The number of hydrogen-bond acceptors (Lipinski definition) is 3. The maximum Gasteiger partial charge on any atom is 0.143 e. The molecule has 0 aliphatic carbocycles. The zero-order chi connectivity index (χ0) is 7.84. The molecule has 0 bridgehead atoms. The average molecular weight is 173 g/mol. The van der Waals surface area contributed by atoms with Crippen LogP contribution in [0, 0.1) is 0 Å². The largest absolute Gasteiger partial charge is 0.321 e. The van der Waals surface area contributed by atoms with Gasteiger partial charge in [-0.05, 0) is 6.42 Å². The number of nitrogens with zero attached hydrogens (tertiary/aromatic N) is 3. The first-order chi connectivity index (χ1) is 5.27. The summed E-state index contributed by atoms with van der Waals surface area (Å²) < 4.78 is 1.77. The number of halogens is 1. The molecule has 5 heteroatoms. The molecular formula is C6H9ClN4. The van der Waals surface area contributed by atoms with Crippen LogP contribution in [0.5, 0.6) is 0 Å². The Morgan fingerprint density at radius 2 is 2.55 bits per heavy atom. The van der Waals surface area contributed by atoms with E-state index in [9.17, 15) is 0 Å². The molecule has 0 amide bonds. The van der Waals surface area contributed by atoms with Gasteiger partial charge < -0.3 is 5.73 Å². The summed E-state index contributed by atoms with van der Waals surface area (Å²) in [4.78, 5) is 4.04. The van der Waals surface area contributed by atoms with Crippen LogP contribution in [0.2, 0.25) is 0 Å². The van der Waals surface area contributed by atoms with Crippen molar-refractivity contribution in [1.29, 1.82) is 0 Å². The van der Waals surface area contributed by atoms with Crippen molar-refractivity contribution in [3.8, 4) is 0 Å². The Kier molecular flexibility index (Phi) is 1.58. The molecular weight excluding hydrogens is 164 g/mol. The zero-order valence-electron chi connectivity index (χ0n) is 5.94. The summed E-state index contributed by atoms with van der Waals surface area (Å²) in [6, 6.07) is -0.0475. The second kappa shape index (κ2) is 2.46. The number of aromatic nitrogens is 3. The molecule has 0 saturated carbocycles. The monoisotopic (exact) mass is 172 g/mol. The second-order valence-corrected chi connectivity index (χ2v) is 3.36. The Balaban J connectivity index is 2.36. The smallest absolute Gasteiger partial charge is 0.143 e. The van der Waals surface area contributed by atoms with Crippen LogP contribution in [0.25, 0.3) is 0 Å². The van der Waals surface area contributed by atoms with E-state index in [4.69, 9.17) is 17.3 Å². The summed E-state index contributed by atoms with van der Waals surface area (Å²) >= 11 is 5.93. The molecule has 0 aromatic carbocycles. The summed E-state index contributed by atoms with van der Waals surface area (Å²) in [5, 5.41) is 4.10. The van der Waals surface area contributed by atoms with Crippen LogP contribution in [0.3, 0.4) is 0 Å². The summed E-state index contributed by atoms with van der Waals surface area (Å²) in [7, 11) is 0. The van der Waals surface area contributed by atoms with Crippen molar-refractivity contribution in [3.05, 3.63) is 12.2 Å². The molecule has 1 aliphatic heterocycles. The highest BCUT2D eigenvalue weighted by Crippen LogP contribution is 2.22. The molecule has 2 N–H and O–H groups in total. The van der Waals surface area contributed by atoms with Crippen molar-refractivity contribution < 1.29 is 0 Å². The molecule has 0 radical (unpaired) electrons. The number of nitrogens with two attached hydrogens (primary N) is 1. The van der Waals surface area contributed by atoms with Crippen LogP contribution in [-0.4, -0.2) is 20.1 Å². The molecule has 1 aliphatic rings. The fourth-order valence-corrected chi connectivity index (χ4v) is 1.67. The minimum absolute atomic E-state index is 0.0475. The van der Waals surface area contributed by atoms with Gasteiger partial charge in [0, 0.05) is 0 Å². The van der Waals surface area contributed by atoms with Crippen molar-refractivity contribution in [2.45, 2.75) is 24.4 Å². The van der Waals surface area contributed by atoms with E-state index in [2.05, 4.69) is 10.1 Å². The third kappa shape index (κ3) is 1.12. The molecule has 1 aromatic rings. The minimum Gasteiger partial charge on any atom is -0.321 e. The van der Waals surface area contributed by atoms with Crippen LogP contribution in [0.4, 0.5) is 0 Å². The highest BCUT2D eigenvalue weighted by molar-refractivity contribution is 6.20. The maximum absolute atomic E-state index is 5.93. The van der Waals surface area contributed by atoms with Gasteiger partial charge in [0.2, 0.25) is 0 Å². The van der Waals surface area contributed by atoms with Crippen LogP contribution in [0.15, 0.2) is 6.33 Å². The first-order valence-corrected chi connectivity index (χ1v) is 3.98. The van der Waals surface area contributed by atoms with Crippen molar-refractivity contribution in [1.82, 2.24) is 14.8 Å². The Morgan fingerprint density at radius 3 is 3.36 bits per heavy atom. The first-order valence-electron chi connectivity index (χ1n) is 3.54. The Labute approximate surface area is 69.4 Å². The molecule has 2 rings (SSSR count). The average Bonchev–Trinajstić information content (AvgIpc) is 2.34. The SMILES string of the molecule is NC1CC(Cl)Cn2ncnc21.